The van der Waals surface area contributed by atoms with Crippen LogP contribution in [0.4, 0.5) is 4.39 Å². The summed E-state index contributed by atoms with van der Waals surface area (Å²) < 4.78 is 20.2. The summed E-state index contributed by atoms with van der Waals surface area (Å²) in [5.74, 6) is -1.67. The second kappa shape index (κ2) is 6.16. The van der Waals surface area contributed by atoms with Crippen LogP contribution in [0.2, 0.25) is 5.02 Å². The Balaban J connectivity index is 2.97. The normalized spacial score (nSPS) is 10.5. The monoisotopic (exact) mass is 322 g/mol. The minimum absolute atomic E-state index is 0.0779. The van der Waals surface area contributed by atoms with Gasteiger partial charge in [-0.2, -0.15) is 5.26 Å². The smallest absolute Gasteiger partial charge is 0.343 e. The van der Waals surface area contributed by atoms with E-state index < -0.39 is 17.2 Å². The fraction of sp³-hybridized carbons (Fsp3) is 0.267. The van der Waals surface area contributed by atoms with Crippen LogP contribution in [0, 0.1) is 17.1 Å². The summed E-state index contributed by atoms with van der Waals surface area (Å²) in [4.78, 5) is 24.3. The molecule has 0 fully saturated rings. The number of hydrogen-bond donors (Lipinski definition) is 0. The molecule has 0 aliphatic rings. The van der Waals surface area contributed by atoms with Crippen molar-refractivity contribution in [3.05, 3.63) is 44.5 Å². The van der Waals surface area contributed by atoms with E-state index in [1.807, 2.05) is 6.07 Å². The summed E-state index contributed by atoms with van der Waals surface area (Å²) in [5.41, 5.74) is -0.826. The van der Waals surface area contributed by atoms with E-state index in [4.69, 9.17) is 16.3 Å². The van der Waals surface area contributed by atoms with E-state index in [0.717, 1.165) is 6.07 Å². The van der Waals surface area contributed by atoms with Gasteiger partial charge in [0.1, 0.15) is 17.4 Å². The number of halogens is 2. The predicted octanol–water partition coefficient (Wildman–Crippen LogP) is 2.86. The van der Waals surface area contributed by atoms with E-state index in [1.165, 1.54) is 10.8 Å². The number of nitriles is 1. The standard InChI is InChI=1S/C15H12ClFN2O3/c1-3-19-7-10(15(21)22-4-2)14(20)8-5-11(17)12(16)9(6-18)13(8)19/h5,7H,3-4H2,1-2H3. The molecule has 0 atom stereocenters. The van der Waals surface area contributed by atoms with Crippen molar-refractivity contribution in [2.45, 2.75) is 20.4 Å². The number of nitrogens with zero attached hydrogens (tertiary/aromatic N) is 2. The van der Waals surface area contributed by atoms with E-state index in [-0.39, 0.29) is 33.7 Å². The topological polar surface area (TPSA) is 72.1 Å². The minimum atomic E-state index is -0.883. The summed E-state index contributed by atoms with van der Waals surface area (Å²) in [6.45, 7) is 3.85. The summed E-state index contributed by atoms with van der Waals surface area (Å²) in [6, 6.07) is 2.75. The Morgan fingerprint density at radius 1 is 1.50 bits per heavy atom. The van der Waals surface area contributed by atoms with E-state index >= 15 is 0 Å². The molecule has 7 heteroatoms. The first-order valence-electron chi connectivity index (χ1n) is 6.58. The number of fused-ring (bicyclic) bond motifs is 1. The summed E-state index contributed by atoms with van der Waals surface area (Å²) >= 11 is 5.80. The van der Waals surface area contributed by atoms with E-state index in [9.17, 15) is 19.2 Å². The molecule has 0 radical (unpaired) electrons. The number of ether oxygens (including phenoxy) is 1. The van der Waals surface area contributed by atoms with Gasteiger partial charge in [0.25, 0.3) is 0 Å². The largest absolute Gasteiger partial charge is 0.462 e. The molecule has 1 heterocycles. The fourth-order valence-corrected chi connectivity index (χ4v) is 2.40. The molecule has 2 rings (SSSR count). The van der Waals surface area contributed by atoms with Gasteiger partial charge in [-0.1, -0.05) is 11.6 Å². The van der Waals surface area contributed by atoms with Gasteiger partial charge in [-0.15, -0.1) is 0 Å². The number of aromatic nitrogens is 1. The molecule has 0 aliphatic carbocycles. The lowest BCUT2D eigenvalue weighted by molar-refractivity contribution is 0.0524. The Bertz CT molecular complexity index is 868. The Labute approximate surface area is 130 Å². The van der Waals surface area contributed by atoms with Crippen LogP contribution in [-0.4, -0.2) is 17.1 Å². The number of carbonyl (C=O) groups is 1. The van der Waals surface area contributed by atoms with Gasteiger partial charge in [0.2, 0.25) is 5.43 Å². The second-order valence-electron chi connectivity index (χ2n) is 4.43. The van der Waals surface area contributed by atoms with Crippen molar-refractivity contribution in [2.24, 2.45) is 0 Å². The van der Waals surface area contributed by atoms with Crippen molar-refractivity contribution >= 4 is 28.5 Å². The molecular weight excluding hydrogens is 311 g/mol. The van der Waals surface area contributed by atoms with Crippen LogP contribution in [0.25, 0.3) is 10.9 Å². The highest BCUT2D eigenvalue weighted by molar-refractivity contribution is 6.33. The zero-order valence-electron chi connectivity index (χ0n) is 11.9. The number of rotatable bonds is 3. The van der Waals surface area contributed by atoms with Crippen LogP contribution in [0.3, 0.4) is 0 Å². The van der Waals surface area contributed by atoms with Crippen molar-refractivity contribution in [3.8, 4) is 6.07 Å². The molecule has 1 aromatic carbocycles. The van der Waals surface area contributed by atoms with Gasteiger partial charge in [-0.3, -0.25) is 4.79 Å². The highest BCUT2D eigenvalue weighted by Crippen LogP contribution is 2.27. The third-order valence-electron chi connectivity index (χ3n) is 3.20. The Kier molecular flexibility index (Phi) is 4.48. The van der Waals surface area contributed by atoms with Crippen molar-refractivity contribution in [2.75, 3.05) is 6.61 Å². The molecular formula is C15H12ClFN2O3. The van der Waals surface area contributed by atoms with Crippen molar-refractivity contribution in [1.82, 2.24) is 4.57 Å². The zero-order chi connectivity index (χ0) is 16.4. The lowest BCUT2D eigenvalue weighted by Gasteiger charge is -2.13. The van der Waals surface area contributed by atoms with Crippen LogP contribution >= 0.6 is 11.6 Å². The molecule has 0 saturated carbocycles. The molecule has 0 bridgehead atoms. The molecule has 0 saturated heterocycles. The maximum atomic E-state index is 13.8. The quantitative estimate of drug-likeness (QED) is 0.815. The number of esters is 1. The summed E-state index contributed by atoms with van der Waals surface area (Å²) in [5, 5.41) is 8.78. The summed E-state index contributed by atoms with van der Waals surface area (Å²) in [7, 11) is 0. The molecule has 0 N–H and O–H groups in total. The number of pyridine rings is 1. The molecule has 22 heavy (non-hydrogen) atoms. The fourth-order valence-electron chi connectivity index (χ4n) is 2.22. The van der Waals surface area contributed by atoms with Gasteiger partial charge >= 0.3 is 5.97 Å². The van der Waals surface area contributed by atoms with Crippen LogP contribution in [0.5, 0.6) is 0 Å². The van der Waals surface area contributed by atoms with Gasteiger partial charge in [0, 0.05) is 12.7 Å². The number of hydrogen-bond acceptors (Lipinski definition) is 4. The molecule has 0 amide bonds. The zero-order valence-corrected chi connectivity index (χ0v) is 12.7. The third kappa shape index (κ3) is 2.44. The Hall–Kier alpha value is -2.39. The van der Waals surface area contributed by atoms with Crippen LogP contribution in [-0.2, 0) is 11.3 Å². The van der Waals surface area contributed by atoms with E-state index in [2.05, 4.69) is 0 Å². The summed E-state index contributed by atoms with van der Waals surface area (Å²) in [6.07, 6.45) is 1.30. The lowest BCUT2D eigenvalue weighted by atomic mass is 10.1. The third-order valence-corrected chi connectivity index (χ3v) is 3.57. The lowest BCUT2D eigenvalue weighted by Crippen LogP contribution is -2.21. The minimum Gasteiger partial charge on any atom is -0.462 e. The molecule has 5 nitrogen and oxygen atoms in total. The van der Waals surface area contributed by atoms with E-state index in [1.54, 1.807) is 13.8 Å². The predicted molar refractivity (Wildman–Crippen MR) is 79.5 cm³/mol. The van der Waals surface area contributed by atoms with Gasteiger partial charge in [-0.25, -0.2) is 9.18 Å². The van der Waals surface area contributed by atoms with Gasteiger partial charge in [0.15, 0.2) is 0 Å². The van der Waals surface area contributed by atoms with Crippen LogP contribution < -0.4 is 5.43 Å². The molecule has 0 unspecified atom stereocenters. The molecule has 0 spiro atoms. The second-order valence-corrected chi connectivity index (χ2v) is 4.81. The van der Waals surface area contributed by atoms with Crippen molar-refractivity contribution in [3.63, 3.8) is 0 Å². The molecule has 2 aromatic rings. The molecule has 114 valence electrons. The Morgan fingerprint density at radius 2 is 2.18 bits per heavy atom. The SMILES string of the molecule is CCOC(=O)c1cn(CC)c2c(C#N)c(Cl)c(F)cc2c1=O. The molecule has 1 aromatic heterocycles. The first kappa shape index (κ1) is 16.0. The first-order valence-corrected chi connectivity index (χ1v) is 6.96. The Morgan fingerprint density at radius 3 is 2.73 bits per heavy atom. The van der Waals surface area contributed by atoms with Crippen molar-refractivity contribution < 1.29 is 13.9 Å². The van der Waals surface area contributed by atoms with Crippen LogP contribution in [0.1, 0.15) is 29.8 Å². The van der Waals surface area contributed by atoms with Gasteiger partial charge in [-0.05, 0) is 19.9 Å². The first-order chi connectivity index (χ1) is 10.5. The maximum Gasteiger partial charge on any atom is 0.343 e. The average molecular weight is 323 g/mol. The van der Waals surface area contributed by atoms with E-state index in [0.29, 0.717) is 6.54 Å². The highest BCUT2D eigenvalue weighted by Gasteiger charge is 2.21. The molecule has 0 aliphatic heterocycles. The highest BCUT2D eigenvalue weighted by atomic mass is 35.5. The number of aryl methyl sites for hydroxylation is 1. The van der Waals surface area contributed by atoms with Crippen LogP contribution in [0.15, 0.2) is 17.1 Å². The van der Waals surface area contributed by atoms with Crippen molar-refractivity contribution in [1.29, 1.82) is 5.26 Å². The maximum absolute atomic E-state index is 13.8. The average Bonchev–Trinajstić information content (AvgIpc) is 2.50. The number of benzene rings is 1. The van der Waals surface area contributed by atoms with Gasteiger partial charge in [0.05, 0.1) is 28.1 Å². The van der Waals surface area contributed by atoms with Gasteiger partial charge < -0.3 is 9.30 Å². The number of carbonyl (C=O) groups excluding carboxylic acids is 1.